The molecule has 152 valence electrons. The van der Waals surface area contributed by atoms with Crippen LogP contribution in [-0.2, 0) is 16.0 Å². The Morgan fingerprint density at radius 3 is 2.00 bits per heavy atom. The van der Waals surface area contributed by atoms with Gasteiger partial charge in [-0.05, 0) is 50.1 Å². The van der Waals surface area contributed by atoms with Gasteiger partial charge in [0.1, 0.15) is 5.41 Å². The van der Waals surface area contributed by atoms with Crippen molar-refractivity contribution in [2.75, 3.05) is 45.8 Å². The number of piperidine rings is 1. The first kappa shape index (κ1) is 19.4. The number of likely N-dealkylation sites (N-methyl/N-ethyl adjacent to an activating group) is 1. The van der Waals surface area contributed by atoms with E-state index in [9.17, 15) is 9.59 Å². The third kappa shape index (κ3) is 3.95. The number of likely N-dealkylation sites (tertiary alicyclic amines) is 1. The summed E-state index contributed by atoms with van der Waals surface area (Å²) in [5.74, 6) is 0.840. The van der Waals surface area contributed by atoms with Gasteiger partial charge in [0.15, 0.2) is 0 Å². The van der Waals surface area contributed by atoms with E-state index in [0.717, 1.165) is 77.9 Å². The summed E-state index contributed by atoms with van der Waals surface area (Å²) in [5.41, 5.74) is 0.660. The van der Waals surface area contributed by atoms with Crippen molar-refractivity contribution >= 4 is 11.8 Å². The maximum Gasteiger partial charge on any atom is 0.238 e. The SMILES string of the molecule is CCN1CCN(C(=O)C2(C(=O)N3CCC(Cc4ccccc4)CC3)CC2)CC1. The minimum absolute atomic E-state index is 0.0969. The summed E-state index contributed by atoms with van der Waals surface area (Å²) in [4.78, 5) is 32.6. The van der Waals surface area contributed by atoms with Gasteiger partial charge in [-0.25, -0.2) is 0 Å². The van der Waals surface area contributed by atoms with E-state index >= 15 is 0 Å². The van der Waals surface area contributed by atoms with Crippen molar-refractivity contribution in [2.45, 2.75) is 39.0 Å². The number of nitrogens with zero attached hydrogens (tertiary/aromatic N) is 3. The van der Waals surface area contributed by atoms with Gasteiger partial charge in [-0.2, -0.15) is 0 Å². The molecule has 5 heteroatoms. The van der Waals surface area contributed by atoms with Crippen molar-refractivity contribution < 1.29 is 9.59 Å². The van der Waals surface area contributed by atoms with Crippen molar-refractivity contribution in [2.24, 2.45) is 11.3 Å². The molecule has 0 unspecified atom stereocenters. The lowest BCUT2D eigenvalue weighted by Gasteiger charge is -2.38. The Hall–Kier alpha value is -1.88. The van der Waals surface area contributed by atoms with Gasteiger partial charge in [0.25, 0.3) is 0 Å². The smallest absolute Gasteiger partial charge is 0.238 e. The zero-order valence-electron chi connectivity index (χ0n) is 17.1. The molecule has 1 aromatic carbocycles. The predicted molar refractivity (Wildman–Crippen MR) is 110 cm³/mol. The maximum absolute atomic E-state index is 13.2. The van der Waals surface area contributed by atoms with E-state index in [-0.39, 0.29) is 11.8 Å². The van der Waals surface area contributed by atoms with Crippen molar-refractivity contribution in [3.8, 4) is 0 Å². The molecule has 0 atom stereocenters. The molecular weight excluding hydrogens is 350 g/mol. The van der Waals surface area contributed by atoms with E-state index in [0.29, 0.717) is 5.92 Å². The molecule has 5 nitrogen and oxygen atoms in total. The van der Waals surface area contributed by atoms with Crippen LogP contribution in [0.2, 0.25) is 0 Å². The highest BCUT2D eigenvalue weighted by molar-refractivity contribution is 6.07. The molecule has 1 saturated carbocycles. The van der Waals surface area contributed by atoms with Crippen molar-refractivity contribution in [3.63, 3.8) is 0 Å². The number of piperazine rings is 1. The molecule has 4 rings (SSSR count). The Labute approximate surface area is 168 Å². The Balaban J connectivity index is 1.30. The summed E-state index contributed by atoms with van der Waals surface area (Å²) in [6.07, 6.45) is 4.65. The van der Waals surface area contributed by atoms with E-state index in [4.69, 9.17) is 0 Å². The molecule has 0 radical (unpaired) electrons. The zero-order valence-corrected chi connectivity index (χ0v) is 17.1. The molecule has 0 aromatic heterocycles. The molecule has 1 aliphatic carbocycles. The predicted octanol–water partition coefficient (Wildman–Crippen LogP) is 2.41. The lowest BCUT2D eigenvalue weighted by molar-refractivity contribution is -0.151. The Morgan fingerprint density at radius 2 is 1.46 bits per heavy atom. The van der Waals surface area contributed by atoms with Crippen molar-refractivity contribution in [1.82, 2.24) is 14.7 Å². The summed E-state index contributed by atoms with van der Waals surface area (Å²) in [6, 6.07) is 10.6. The normalized spacial score (nSPS) is 22.9. The van der Waals surface area contributed by atoms with Crippen molar-refractivity contribution in [3.05, 3.63) is 35.9 Å². The first-order valence-electron chi connectivity index (χ1n) is 11.0. The number of hydrogen-bond donors (Lipinski definition) is 0. The van der Waals surface area contributed by atoms with E-state index in [1.807, 2.05) is 9.80 Å². The van der Waals surface area contributed by atoms with Crippen LogP contribution in [0.1, 0.15) is 38.2 Å². The number of benzene rings is 1. The quantitative estimate of drug-likeness (QED) is 0.734. The summed E-state index contributed by atoms with van der Waals surface area (Å²) in [7, 11) is 0. The van der Waals surface area contributed by atoms with E-state index in [1.54, 1.807) is 0 Å². The fourth-order valence-electron chi connectivity index (χ4n) is 4.80. The molecule has 3 fully saturated rings. The van der Waals surface area contributed by atoms with Crippen LogP contribution in [0, 0.1) is 11.3 Å². The number of rotatable bonds is 5. The molecule has 3 aliphatic rings. The third-order valence-corrected chi connectivity index (χ3v) is 6.94. The highest BCUT2D eigenvalue weighted by Crippen LogP contribution is 2.49. The van der Waals surface area contributed by atoms with Crippen LogP contribution >= 0.6 is 0 Å². The second kappa shape index (κ2) is 8.24. The summed E-state index contributed by atoms with van der Waals surface area (Å²) >= 11 is 0. The lowest BCUT2D eigenvalue weighted by Crippen LogP contribution is -2.54. The summed E-state index contributed by atoms with van der Waals surface area (Å²) in [6.45, 7) is 8.18. The molecule has 2 saturated heterocycles. The second-order valence-electron chi connectivity index (χ2n) is 8.73. The Kier molecular flexibility index (Phi) is 5.72. The van der Waals surface area contributed by atoms with Gasteiger partial charge in [-0.15, -0.1) is 0 Å². The molecule has 2 heterocycles. The highest BCUT2D eigenvalue weighted by atomic mass is 16.2. The van der Waals surface area contributed by atoms with Crippen LogP contribution in [0.25, 0.3) is 0 Å². The topological polar surface area (TPSA) is 43.9 Å². The van der Waals surface area contributed by atoms with E-state index in [1.165, 1.54) is 5.56 Å². The van der Waals surface area contributed by atoms with Gasteiger partial charge in [0, 0.05) is 39.3 Å². The van der Waals surface area contributed by atoms with Crippen LogP contribution < -0.4 is 0 Å². The van der Waals surface area contributed by atoms with Gasteiger partial charge in [0.05, 0.1) is 0 Å². The Bertz CT molecular complexity index is 685. The minimum atomic E-state index is -0.722. The van der Waals surface area contributed by atoms with Gasteiger partial charge in [-0.1, -0.05) is 37.3 Å². The minimum Gasteiger partial charge on any atom is -0.342 e. The molecule has 2 amide bonds. The highest BCUT2D eigenvalue weighted by Gasteiger charge is 2.59. The van der Waals surface area contributed by atoms with E-state index in [2.05, 4.69) is 42.2 Å². The van der Waals surface area contributed by atoms with E-state index < -0.39 is 5.41 Å². The fraction of sp³-hybridized carbons (Fsp3) is 0.652. The first-order chi connectivity index (χ1) is 13.6. The number of carbonyl (C=O) groups excluding carboxylic acids is 2. The van der Waals surface area contributed by atoms with Gasteiger partial charge in [0.2, 0.25) is 11.8 Å². The van der Waals surface area contributed by atoms with Crippen LogP contribution in [0.5, 0.6) is 0 Å². The molecule has 2 aliphatic heterocycles. The summed E-state index contributed by atoms with van der Waals surface area (Å²) in [5, 5.41) is 0. The average Bonchev–Trinajstić information content (AvgIpc) is 3.56. The summed E-state index contributed by atoms with van der Waals surface area (Å²) < 4.78 is 0. The Morgan fingerprint density at radius 1 is 0.893 bits per heavy atom. The van der Waals surface area contributed by atoms with Gasteiger partial charge in [-0.3, -0.25) is 9.59 Å². The second-order valence-corrected chi connectivity index (χ2v) is 8.73. The standard InChI is InChI=1S/C23H33N3O2/c1-2-24-14-16-26(17-15-24)22(28)23(10-11-23)21(27)25-12-8-20(9-13-25)18-19-6-4-3-5-7-19/h3-7,20H,2,8-18H2,1H3. The zero-order chi connectivity index (χ0) is 19.6. The third-order valence-electron chi connectivity index (χ3n) is 6.94. The van der Waals surface area contributed by atoms with Crippen LogP contribution in [0.4, 0.5) is 0 Å². The molecule has 0 N–H and O–H groups in total. The average molecular weight is 384 g/mol. The van der Waals surface area contributed by atoms with Gasteiger partial charge >= 0.3 is 0 Å². The fourth-order valence-corrected chi connectivity index (χ4v) is 4.80. The largest absolute Gasteiger partial charge is 0.342 e. The molecular formula is C23H33N3O2. The monoisotopic (exact) mass is 383 g/mol. The first-order valence-corrected chi connectivity index (χ1v) is 11.0. The van der Waals surface area contributed by atoms with Crippen molar-refractivity contribution in [1.29, 1.82) is 0 Å². The molecule has 0 bridgehead atoms. The molecule has 1 aromatic rings. The van der Waals surface area contributed by atoms with Crippen LogP contribution in [0.15, 0.2) is 30.3 Å². The maximum atomic E-state index is 13.2. The molecule has 28 heavy (non-hydrogen) atoms. The number of hydrogen-bond acceptors (Lipinski definition) is 3. The number of amides is 2. The van der Waals surface area contributed by atoms with Crippen LogP contribution in [-0.4, -0.2) is 72.3 Å². The van der Waals surface area contributed by atoms with Gasteiger partial charge < -0.3 is 14.7 Å². The molecule has 0 spiro atoms. The lowest BCUT2D eigenvalue weighted by atomic mass is 9.89. The van der Waals surface area contributed by atoms with Crippen LogP contribution in [0.3, 0.4) is 0 Å². The number of carbonyl (C=O) groups is 2.